The number of ether oxygens (including phenoxy) is 1. The van der Waals surface area contributed by atoms with Crippen LogP contribution in [0.25, 0.3) is 0 Å². The van der Waals surface area contributed by atoms with E-state index < -0.39 is 5.50 Å². The summed E-state index contributed by atoms with van der Waals surface area (Å²) in [5.74, 6) is 0.166. The summed E-state index contributed by atoms with van der Waals surface area (Å²) in [4.78, 5) is 36.2. The summed E-state index contributed by atoms with van der Waals surface area (Å²) >= 11 is 7.21. The fourth-order valence-corrected chi connectivity index (χ4v) is 3.89. The van der Waals surface area contributed by atoms with Gasteiger partial charge in [0.25, 0.3) is 0 Å². The number of anilines is 1. The maximum atomic E-state index is 12.3. The molecule has 0 aromatic heterocycles. The van der Waals surface area contributed by atoms with E-state index in [0.29, 0.717) is 22.5 Å². The molecule has 4 N–H and O–H groups in total. The maximum Gasteiger partial charge on any atom is 0.234 e. The molecular weight excluding hydrogens is 404 g/mol. The number of nitrogens with one attached hydrogen (secondary N) is 4. The molecule has 152 valence electrons. The summed E-state index contributed by atoms with van der Waals surface area (Å²) in [5, 5.41) is 12.1. The average molecular weight is 427 g/mol. The van der Waals surface area contributed by atoms with Crippen LogP contribution >= 0.6 is 23.4 Å². The van der Waals surface area contributed by atoms with Gasteiger partial charge in [-0.05, 0) is 31.0 Å². The molecular formula is C18H23ClN4O4S. The second-order valence-corrected chi connectivity index (χ2v) is 8.29. The summed E-state index contributed by atoms with van der Waals surface area (Å²) in [5.41, 5.74) is 0.0443. The standard InChI is InChI=1S/C18H23ClN4O4S/c1-27-14-5-2-10(19)6-13(14)22-17(26)9-28-18-21-12(8-16(25)23-18)7-15(24)20-11-3-4-11/h2,5-6,11-12,18,21H,3-4,7-9H2,1H3,(H,20,24)(H,22,26)(H,23,25). The van der Waals surface area contributed by atoms with Crippen molar-refractivity contribution in [3.8, 4) is 5.75 Å². The normalized spacial score (nSPS) is 21.6. The molecule has 1 aromatic carbocycles. The highest BCUT2D eigenvalue weighted by Gasteiger charge is 2.30. The van der Waals surface area contributed by atoms with Gasteiger partial charge in [-0.2, -0.15) is 0 Å². The van der Waals surface area contributed by atoms with E-state index in [9.17, 15) is 14.4 Å². The van der Waals surface area contributed by atoms with Crippen molar-refractivity contribution in [1.82, 2.24) is 16.0 Å². The number of halogens is 1. The van der Waals surface area contributed by atoms with Crippen molar-refractivity contribution in [1.29, 1.82) is 0 Å². The van der Waals surface area contributed by atoms with Gasteiger partial charge in [-0.3, -0.25) is 19.7 Å². The van der Waals surface area contributed by atoms with E-state index in [0.717, 1.165) is 12.8 Å². The van der Waals surface area contributed by atoms with Crippen molar-refractivity contribution < 1.29 is 19.1 Å². The van der Waals surface area contributed by atoms with E-state index in [1.54, 1.807) is 18.2 Å². The Morgan fingerprint density at radius 1 is 1.32 bits per heavy atom. The van der Waals surface area contributed by atoms with E-state index in [1.165, 1.54) is 18.9 Å². The second-order valence-electron chi connectivity index (χ2n) is 6.76. The highest BCUT2D eigenvalue weighted by molar-refractivity contribution is 8.00. The number of benzene rings is 1. The van der Waals surface area contributed by atoms with Crippen molar-refractivity contribution in [3.05, 3.63) is 23.2 Å². The molecule has 0 radical (unpaired) electrons. The van der Waals surface area contributed by atoms with Gasteiger partial charge in [0.2, 0.25) is 17.7 Å². The minimum Gasteiger partial charge on any atom is -0.495 e. The summed E-state index contributed by atoms with van der Waals surface area (Å²) in [6.07, 6.45) is 2.53. The van der Waals surface area contributed by atoms with Crippen LogP contribution in [0.5, 0.6) is 5.75 Å². The lowest BCUT2D eigenvalue weighted by Gasteiger charge is -2.30. The largest absolute Gasteiger partial charge is 0.495 e. The Labute approximate surface area is 172 Å². The summed E-state index contributed by atoms with van der Waals surface area (Å²) in [6, 6.07) is 5.00. The number of carbonyl (C=O) groups excluding carboxylic acids is 3. The predicted molar refractivity (Wildman–Crippen MR) is 108 cm³/mol. The average Bonchev–Trinajstić information content (AvgIpc) is 3.43. The van der Waals surface area contributed by atoms with Crippen LogP contribution in [-0.4, -0.2) is 48.2 Å². The summed E-state index contributed by atoms with van der Waals surface area (Å²) in [7, 11) is 1.51. The fraction of sp³-hybridized carbons (Fsp3) is 0.500. The molecule has 1 heterocycles. The van der Waals surface area contributed by atoms with Crippen molar-refractivity contribution in [2.45, 2.75) is 43.3 Å². The molecule has 1 aromatic rings. The van der Waals surface area contributed by atoms with Gasteiger partial charge in [0.05, 0.1) is 18.6 Å². The molecule has 1 saturated carbocycles. The van der Waals surface area contributed by atoms with Gasteiger partial charge in [-0.1, -0.05) is 11.6 Å². The van der Waals surface area contributed by atoms with Gasteiger partial charge in [0, 0.05) is 29.9 Å². The van der Waals surface area contributed by atoms with Gasteiger partial charge in [0.15, 0.2) is 0 Å². The molecule has 1 saturated heterocycles. The van der Waals surface area contributed by atoms with Crippen LogP contribution in [0.15, 0.2) is 18.2 Å². The molecule has 8 nitrogen and oxygen atoms in total. The van der Waals surface area contributed by atoms with Gasteiger partial charge in [-0.15, -0.1) is 11.8 Å². The molecule has 2 unspecified atom stereocenters. The smallest absolute Gasteiger partial charge is 0.234 e. The van der Waals surface area contributed by atoms with Crippen molar-refractivity contribution in [2.75, 3.05) is 18.2 Å². The lowest BCUT2D eigenvalue weighted by Crippen LogP contribution is -2.56. The minimum atomic E-state index is -0.438. The summed E-state index contributed by atoms with van der Waals surface area (Å²) < 4.78 is 5.21. The van der Waals surface area contributed by atoms with Gasteiger partial charge >= 0.3 is 0 Å². The highest BCUT2D eigenvalue weighted by Crippen LogP contribution is 2.28. The molecule has 3 rings (SSSR count). The van der Waals surface area contributed by atoms with Crippen LogP contribution in [-0.2, 0) is 14.4 Å². The van der Waals surface area contributed by atoms with E-state index in [4.69, 9.17) is 16.3 Å². The first kappa shape index (κ1) is 20.8. The van der Waals surface area contributed by atoms with Gasteiger partial charge < -0.3 is 20.7 Å². The van der Waals surface area contributed by atoms with Crippen molar-refractivity contribution in [2.24, 2.45) is 0 Å². The molecule has 3 amide bonds. The Morgan fingerprint density at radius 2 is 2.11 bits per heavy atom. The SMILES string of the molecule is COc1ccc(Cl)cc1NC(=O)CSC1NC(=O)CC(CC(=O)NC2CC2)N1. The van der Waals surface area contributed by atoms with E-state index in [-0.39, 0.29) is 42.4 Å². The highest BCUT2D eigenvalue weighted by atomic mass is 35.5. The van der Waals surface area contributed by atoms with Crippen LogP contribution in [0.2, 0.25) is 5.02 Å². The van der Waals surface area contributed by atoms with Crippen LogP contribution in [0.1, 0.15) is 25.7 Å². The lowest BCUT2D eigenvalue weighted by atomic mass is 10.1. The third-order valence-electron chi connectivity index (χ3n) is 4.30. The Kier molecular flexibility index (Phi) is 7.03. The van der Waals surface area contributed by atoms with Crippen molar-refractivity contribution in [3.63, 3.8) is 0 Å². The molecule has 0 bridgehead atoms. The Hall–Kier alpha value is -1.97. The Morgan fingerprint density at radius 3 is 2.82 bits per heavy atom. The van der Waals surface area contributed by atoms with Crippen LogP contribution in [0.4, 0.5) is 5.69 Å². The third kappa shape index (κ3) is 6.29. The first-order chi connectivity index (χ1) is 13.4. The van der Waals surface area contributed by atoms with Crippen LogP contribution in [0, 0.1) is 0 Å². The lowest BCUT2D eigenvalue weighted by molar-refractivity contribution is -0.125. The molecule has 2 atom stereocenters. The first-order valence-corrected chi connectivity index (χ1v) is 10.5. The molecule has 1 aliphatic heterocycles. The Bertz CT molecular complexity index is 759. The number of carbonyl (C=O) groups is 3. The summed E-state index contributed by atoms with van der Waals surface area (Å²) in [6.45, 7) is 0. The second kappa shape index (κ2) is 9.49. The number of hydrogen-bond acceptors (Lipinski definition) is 6. The first-order valence-electron chi connectivity index (χ1n) is 9.02. The number of amides is 3. The van der Waals surface area contributed by atoms with Gasteiger partial charge in [0.1, 0.15) is 11.2 Å². The molecule has 10 heteroatoms. The van der Waals surface area contributed by atoms with Crippen LogP contribution in [0.3, 0.4) is 0 Å². The van der Waals surface area contributed by atoms with Gasteiger partial charge in [-0.25, -0.2) is 0 Å². The zero-order valence-corrected chi connectivity index (χ0v) is 17.0. The number of hydrogen-bond donors (Lipinski definition) is 4. The maximum absolute atomic E-state index is 12.3. The molecule has 2 fully saturated rings. The predicted octanol–water partition coefficient (Wildman–Crippen LogP) is 1.45. The monoisotopic (exact) mass is 426 g/mol. The molecule has 1 aliphatic carbocycles. The van der Waals surface area contributed by atoms with E-state index in [1.807, 2.05) is 0 Å². The van der Waals surface area contributed by atoms with E-state index in [2.05, 4.69) is 21.3 Å². The molecule has 0 spiro atoms. The van der Waals surface area contributed by atoms with Crippen LogP contribution < -0.4 is 26.0 Å². The number of rotatable bonds is 8. The minimum absolute atomic E-state index is 0.0516. The number of methoxy groups -OCH3 is 1. The quantitative estimate of drug-likeness (QED) is 0.501. The zero-order valence-electron chi connectivity index (χ0n) is 15.4. The van der Waals surface area contributed by atoms with E-state index >= 15 is 0 Å². The Balaban J connectivity index is 1.47. The fourth-order valence-electron chi connectivity index (χ4n) is 2.83. The molecule has 2 aliphatic rings. The topological polar surface area (TPSA) is 109 Å². The molecule has 28 heavy (non-hydrogen) atoms. The zero-order chi connectivity index (χ0) is 20.1. The third-order valence-corrected chi connectivity index (χ3v) is 5.55. The number of thioether (sulfide) groups is 1. The van der Waals surface area contributed by atoms with Crippen molar-refractivity contribution >= 4 is 46.8 Å².